The molecule has 0 fully saturated rings. The molecule has 0 bridgehead atoms. The van der Waals surface area contributed by atoms with E-state index in [0.29, 0.717) is 11.6 Å². The van der Waals surface area contributed by atoms with Gasteiger partial charge in [0.25, 0.3) is 0 Å². The number of hydrogen-bond acceptors (Lipinski definition) is 5. The number of hydrogen-bond donors (Lipinski definition) is 1. The number of nitrogens with zero attached hydrogens (tertiary/aromatic N) is 4. The molecule has 0 radical (unpaired) electrons. The average molecular weight is 354 g/mol. The number of pyridine rings is 1. The summed E-state index contributed by atoms with van der Waals surface area (Å²) in [5.74, 6) is -0.134. The summed E-state index contributed by atoms with van der Waals surface area (Å²) in [5, 5.41) is 18.1. The molecule has 3 rings (SSSR count). The third-order valence-electron chi connectivity index (χ3n) is 3.81. The standard InChI is InChI=1S/C18H18N4O2S/c1-13(15-7-3-2-4-8-15)22-16(10-14-6-5-9-19-11-14)20-21-18(22)25-12-17(23)24/h2-9,11,13H,10,12H2,1H3,(H,23,24)/t13-/m1/s1. The van der Waals surface area contributed by atoms with Crippen molar-refractivity contribution in [1.82, 2.24) is 19.7 Å². The highest BCUT2D eigenvalue weighted by atomic mass is 32.2. The molecule has 1 N–H and O–H groups in total. The Balaban J connectivity index is 1.96. The summed E-state index contributed by atoms with van der Waals surface area (Å²) in [6, 6.07) is 13.9. The van der Waals surface area contributed by atoms with E-state index >= 15 is 0 Å². The number of benzene rings is 1. The molecule has 2 heterocycles. The van der Waals surface area contributed by atoms with E-state index in [2.05, 4.69) is 22.1 Å². The second-order valence-electron chi connectivity index (χ2n) is 5.58. The summed E-state index contributed by atoms with van der Waals surface area (Å²) in [6.45, 7) is 2.07. The smallest absolute Gasteiger partial charge is 0.313 e. The molecule has 1 atom stereocenters. The van der Waals surface area contributed by atoms with Crippen LogP contribution in [0.15, 0.2) is 60.0 Å². The molecule has 25 heavy (non-hydrogen) atoms. The molecular weight excluding hydrogens is 336 g/mol. The lowest BCUT2D eigenvalue weighted by Gasteiger charge is -2.18. The zero-order valence-electron chi connectivity index (χ0n) is 13.7. The summed E-state index contributed by atoms with van der Waals surface area (Å²) < 4.78 is 2.01. The lowest BCUT2D eigenvalue weighted by Crippen LogP contribution is -2.13. The molecule has 2 aromatic heterocycles. The van der Waals surface area contributed by atoms with E-state index in [4.69, 9.17) is 5.11 Å². The highest BCUT2D eigenvalue weighted by Gasteiger charge is 2.20. The Morgan fingerprint density at radius 3 is 2.68 bits per heavy atom. The molecule has 1 aromatic carbocycles. The Hall–Kier alpha value is -2.67. The maximum atomic E-state index is 10.9. The fraction of sp³-hybridized carbons (Fsp3) is 0.222. The largest absolute Gasteiger partial charge is 0.481 e. The second kappa shape index (κ2) is 7.94. The van der Waals surface area contributed by atoms with Crippen LogP contribution in [0.3, 0.4) is 0 Å². The van der Waals surface area contributed by atoms with Crippen molar-refractivity contribution in [2.75, 3.05) is 5.75 Å². The Morgan fingerprint density at radius 1 is 1.20 bits per heavy atom. The summed E-state index contributed by atoms with van der Waals surface area (Å²) >= 11 is 1.18. The van der Waals surface area contributed by atoms with Gasteiger partial charge in [-0.25, -0.2) is 0 Å². The first-order valence-electron chi connectivity index (χ1n) is 7.87. The Labute approximate surface area is 149 Å². The van der Waals surface area contributed by atoms with Gasteiger partial charge in [-0.1, -0.05) is 48.2 Å². The normalized spacial score (nSPS) is 12.0. The van der Waals surface area contributed by atoms with Crippen LogP contribution in [0.1, 0.15) is 29.9 Å². The minimum Gasteiger partial charge on any atom is -0.481 e. The van der Waals surface area contributed by atoms with Crippen LogP contribution in [0, 0.1) is 0 Å². The van der Waals surface area contributed by atoms with Crippen molar-refractivity contribution >= 4 is 17.7 Å². The van der Waals surface area contributed by atoms with Gasteiger partial charge in [-0.3, -0.25) is 14.3 Å². The minimum absolute atomic E-state index is 0.000772. The summed E-state index contributed by atoms with van der Waals surface area (Å²) in [6.07, 6.45) is 4.12. The van der Waals surface area contributed by atoms with Crippen molar-refractivity contribution in [3.63, 3.8) is 0 Å². The summed E-state index contributed by atoms with van der Waals surface area (Å²) in [5.41, 5.74) is 2.15. The number of carboxylic acid groups (broad SMARTS) is 1. The van der Waals surface area contributed by atoms with Crippen LogP contribution in [0.25, 0.3) is 0 Å². The first-order valence-corrected chi connectivity index (χ1v) is 8.86. The minimum atomic E-state index is -0.874. The van der Waals surface area contributed by atoms with Crippen molar-refractivity contribution < 1.29 is 9.90 Å². The van der Waals surface area contributed by atoms with E-state index in [1.165, 1.54) is 11.8 Å². The molecule has 0 amide bonds. The van der Waals surface area contributed by atoms with Crippen LogP contribution in [0.2, 0.25) is 0 Å². The molecule has 0 saturated carbocycles. The molecule has 6 nitrogen and oxygen atoms in total. The third kappa shape index (κ3) is 4.24. The molecule has 128 valence electrons. The number of aromatic nitrogens is 4. The highest BCUT2D eigenvalue weighted by molar-refractivity contribution is 7.99. The maximum Gasteiger partial charge on any atom is 0.313 e. The van der Waals surface area contributed by atoms with Crippen molar-refractivity contribution in [1.29, 1.82) is 0 Å². The lowest BCUT2D eigenvalue weighted by molar-refractivity contribution is -0.133. The van der Waals surface area contributed by atoms with Crippen LogP contribution >= 0.6 is 11.8 Å². The number of carboxylic acids is 1. The van der Waals surface area contributed by atoms with Gasteiger partial charge in [-0.05, 0) is 24.1 Å². The molecule has 3 aromatic rings. The van der Waals surface area contributed by atoms with E-state index < -0.39 is 5.97 Å². The van der Waals surface area contributed by atoms with Gasteiger partial charge in [-0.15, -0.1) is 10.2 Å². The van der Waals surface area contributed by atoms with Gasteiger partial charge in [0.1, 0.15) is 5.82 Å². The van der Waals surface area contributed by atoms with Crippen molar-refractivity contribution in [2.24, 2.45) is 0 Å². The predicted molar refractivity (Wildman–Crippen MR) is 95.7 cm³/mol. The third-order valence-corrected chi connectivity index (χ3v) is 4.74. The molecule has 0 unspecified atom stereocenters. The molecular formula is C18H18N4O2S. The Bertz CT molecular complexity index is 837. The fourth-order valence-electron chi connectivity index (χ4n) is 2.61. The summed E-state index contributed by atoms with van der Waals surface area (Å²) in [7, 11) is 0. The number of carbonyl (C=O) groups is 1. The molecule has 0 aliphatic carbocycles. The lowest BCUT2D eigenvalue weighted by atomic mass is 10.1. The molecule has 0 spiro atoms. The average Bonchev–Trinajstić information content (AvgIpc) is 3.03. The number of thioether (sulfide) groups is 1. The molecule has 0 aliphatic heterocycles. The first-order chi connectivity index (χ1) is 12.1. The zero-order valence-corrected chi connectivity index (χ0v) is 14.6. The predicted octanol–water partition coefficient (Wildman–Crippen LogP) is 3.05. The van der Waals surface area contributed by atoms with Crippen molar-refractivity contribution in [3.8, 4) is 0 Å². The van der Waals surface area contributed by atoms with E-state index in [9.17, 15) is 4.79 Å². The topological polar surface area (TPSA) is 80.9 Å². The van der Waals surface area contributed by atoms with Crippen LogP contribution in [0.4, 0.5) is 0 Å². The van der Waals surface area contributed by atoms with Crippen LogP contribution in [-0.4, -0.2) is 36.6 Å². The molecule has 0 aliphatic rings. The van der Waals surface area contributed by atoms with Gasteiger partial charge < -0.3 is 5.11 Å². The monoisotopic (exact) mass is 354 g/mol. The van der Waals surface area contributed by atoms with E-state index in [1.54, 1.807) is 12.4 Å². The van der Waals surface area contributed by atoms with E-state index in [-0.39, 0.29) is 11.8 Å². The van der Waals surface area contributed by atoms with E-state index in [0.717, 1.165) is 17.0 Å². The SMILES string of the molecule is C[C@H](c1ccccc1)n1c(Cc2cccnc2)nnc1SCC(=O)O. The van der Waals surface area contributed by atoms with Gasteiger partial charge in [-0.2, -0.15) is 0 Å². The zero-order chi connectivity index (χ0) is 17.6. The van der Waals surface area contributed by atoms with Gasteiger partial charge in [0.2, 0.25) is 0 Å². The second-order valence-corrected chi connectivity index (χ2v) is 6.52. The maximum absolute atomic E-state index is 10.9. The van der Waals surface area contributed by atoms with Gasteiger partial charge in [0.05, 0.1) is 11.8 Å². The quantitative estimate of drug-likeness (QED) is 0.657. The highest BCUT2D eigenvalue weighted by Crippen LogP contribution is 2.27. The Morgan fingerprint density at radius 2 is 2.00 bits per heavy atom. The number of aliphatic carboxylic acids is 1. The van der Waals surface area contributed by atoms with Crippen LogP contribution in [-0.2, 0) is 11.2 Å². The van der Waals surface area contributed by atoms with Gasteiger partial charge in [0, 0.05) is 18.8 Å². The Kier molecular flexibility index (Phi) is 5.45. The van der Waals surface area contributed by atoms with Crippen LogP contribution < -0.4 is 0 Å². The molecule has 0 saturated heterocycles. The summed E-state index contributed by atoms with van der Waals surface area (Å²) in [4.78, 5) is 15.1. The first kappa shape index (κ1) is 17.2. The number of rotatable bonds is 7. The fourth-order valence-corrected chi connectivity index (χ4v) is 3.36. The van der Waals surface area contributed by atoms with Crippen molar-refractivity contribution in [3.05, 3.63) is 71.8 Å². The van der Waals surface area contributed by atoms with Gasteiger partial charge >= 0.3 is 5.97 Å². The molecule has 7 heteroatoms. The van der Waals surface area contributed by atoms with Crippen molar-refractivity contribution in [2.45, 2.75) is 24.5 Å². The van der Waals surface area contributed by atoms with E-state index in [1.807, 2.05) is 47.0 Å². The van der Waals surface area contributed by atoms with Crippen LogP contribution in [0.5, 0.6) is 0 Å². The van der Waals surface area contributed by atoms with Gasteiger partial charge in [0.15, 0.2) is 5.16 Å².